The lowest BCUT2D eigenvalue weighted by Gasteiger charge is -2.10. The summed E-state index contributed by atoms with van der Waals surface area (Å²) in [4.78, 5) is 15.9. The topological polar surface area (TPSA) is 79.5 Å². The van der Waals surface area contributed by atoms with Crippen LogP contribution in [-0.2, 0) is 11.2 Å². The molecule has 0 bridgehead atoms. The fraction of sp³-hybridized carbons (Fsp3) is 0.118. The number of rotatable bonds is 4. The molecule has 1 amide bonds. The van der Waals surface area contributed by atoms with Gasteiger partial charge in [0.05, 0.1) is 6.20 Å². The quantitative estimate of drug-likeness (QED) is 0.726. The SMILES string of the molecule is C=CC(=O)Nc1cnn2c(O)c(Cc3ccccc3)c(C)nc12. The number of hydrogen-bond donors (Lipinski definition) is 2. The molecule has 2 heterocycles. The summed E-state index contributed by atoms with van der Waals surface area (Å²) in [6.45, 7) is 5.23. The Morgan fingerprint density at radius 2 is 2.13 bits per heavy atom. The Hall–Kier alpha value is -3.15. The van der Waals surface area contributed by atoms with E-state index in [1.807, 2.05) is 37.3 Å². The number of carbonyl (C=O) groups excluding carboxylic acids is 1. The summed E-state index contributed by atoms with van der Waals surface area (Å²) in [5.41, 5.74) is 3.29. The number of fused-ring (bicyclic) bond motifs is 1. The normalized spacial score (nSPS) is 10.7. The summed E-state index contributed by atoms with van der Waals surface area (Å²) < 4.78 is 1.32. The molecule has 2 aromatic heterocycles. The zero-order chi connectivity index (χ0) is 16.4. The predicted octanol–water partition coefficient (Wildman–Crippen LogP) is 2.46. The lowest BCUT2D eigenvalue weighted by molar-refractivity contribution is -0.111. The molecule has 0 atom stereocenters. The molecule has 0 spiro atoms. The summed E-state index contributed by atoms with van der Waals surface area (Å²) in [7, 11) is 0. The van der Waals surface area contributed by atoms with E-state index in [-0.39, 0.29) is 11.8 Å². The smallest absolute Gasteiger partial charge is 0.247 e. The third-order valence-electron chi connectivity index (χ3n) is 3.59. The van der Waals surface area contributed by atoms with Gasteiger partial charge in [0.1, 0.15) is 5.69 Å². The van der Waals surface area contributed by atoms with E-state index in [0.29, 0.717) is 29.0 Å². The van der Waals surface area contributed by atoms with Gasteiger partial charge in [-0.2, -0.15) is 9.61 Å². The minimum Gasteiger partial charge on any atom is -0.493 e. The molecule has 2 N–H and O–H groups in total. The molecular weight excluding hydrogens is 292 g/mol. The predicted molar refractivity (Wildman–Crippen MR) is 87.5 cm³/mol. The zero-order valence-corrected chi connectivity index (χ0v) is 12.7. The van der Waals surface area contributed by atoms with E-state index in [9.17, 15) is 9.90 Å². The minimum atomic E-state index is -0.354. The first-order valence-corrected chi connectivity index (χ1v) is 7.13. The summed E-state index contributed by atoms with van der Waals surface area (Å²) in [5, 5.41) is 17.3. The highest BCUT2D eigenvalue weighted by molar-refractivity contribution is 6.01. The van der Waals surface area contributed by atoms with Crippen molar-refractivity contribution in [1.82, 2.24) is 14.6 Å². The maximum atomic E-state index is 11.4. The van der Waals surface area contributed by atoms with Crippen molar-refractivity contribution in [1.29, 1.82) is 0 Å². The van der Waals surface area contributed by atoms with Crippen LogP contribution in [0, 0.1) is 6.92 Å². The number of nitrogens with one attached hydrogen (secondary N) is 1. The van der Waals surface area contributed by atoms with Gasteiger partial charge in [0.25, 0.3) is 0 Å². The molecule has 3 aromatic rings. The minimum absolute atomic E-state index is 0.0236. The second-order valence-electron chi connectivity index (χ2n) is 5.15. The Balaban J connectivity index is 2.05. The molecule has 3 rings (SSSR count). The number of hydrogen-bond acceptors (Lipinski definition) is 4. The summed E-state index contributed by atoms with van der Waals surface area (Å²) in [5.74, 6) is -0.331. The lowest BCUT2D eigenvalue weighted by atomic mass is 10.0. The standard InChI is InChI=1S/C17H16N4O2/c1-3-15(22)20-14-10-18-21-16(14)19-11(2)13(17(21)23)9-12-7-5-4-6-8-12/h3-8,10,23H,1,9H2,2H3,(H,20,22). The average molecular weight is 308 g/mol. The van der Waals surface area contributed by atoms with Crippen LogP contribution in [0.4, 0.5) is 5.69 Å². The largest absolute Gasteiger partial charge is 0.493 e. The second-order valence-corrected chi connectivity index (χ2v) is 5.15. The molecule has 0 radical (unpaired) electrons. The Kier molecular flexibility index (Phi) is 3.80. The van der Waals surface area contributed by atoms with E-state index in [1.54, 1.807) is 0 Å². The van der Waals surface area contributed by atoms with Crippen LogP contribution in [-0.4, -0.2) is 25.6 Å². The van der Waals surface area contributed by atoms with Crippen LogP contribution in [0.1, 0.15) is 16.8 Å². The van der Waals surface area contributed by atoms with E-state index in [1.165, 1.54) is 16.8 Å². The fourth-order valence-corrected chi connectivity index (χ4v) is 2.40. The highest BCUT2D eigenvalue weighted by atomic mass is 16.3. The fourth-order valence-electron chi connectivity index (χ4n) is 2.40. The average Bonchev–Trinajstić information content (AvgIpc) is 2.95. The first-order valence-electron chi connectivity index (χ1n) is 7.13. The molecule has 0 aliphatic carbocycles. The van der Waals surface area contributed by atoms with Crippen molar-refractivity contribution in [3.8, 4) is 5.88 Å². The number of aromatic hydroxyl groups is 1. The molecule has 6 heteroatoms. The van der Waals surface area contributed by atoms with Crippen molar-refractivity contribution < 1.29 is 9.90 Å². The molecule has 6 nitrogen and oxygen atoms in total. The Morgan fingerprint density at radius 1 is 1.39 bits per heavy atom. The van der Waals surface area contributed by atoms with Crippen LogP contribution in [0.3, 0.4) is 0 Å². The van der Waals surface area contributed by atoms with E-state index < -0.39 is 0 Å². The third kappa shape index (κ3) is 2.78. The molecule has 0 unspecified atom stereocenters. The van der Waals surface area contributed by atoms with E-state index in [4.69, 9.17) is 0 Å². The highest BCUT2D eigenvalue weighted by Crippen LogP contribution is 2.27. The molecule has 23 heavy (non-hydrogen) atoms. The van der Waals surface area contributed by atoms with Gasteiger partial charge in [-0.25, -0.2) is 4.98 Å². The van der Waals surface area contributed by atoms with Crippen LogP contribution >= 0.6 is 0 Å². The van der Waals surface area contributed by atoms with Gasteiger partial charge in [-0.15, -0.1) is 0 Å². The molecule has 0 saturated carbocycles. The number of aryl methyl sites for hydroxylation is 1. The monoisotopic (exact) mass is 308 g/mol. The van der Waals surface area contributed by atoms with Crippen molar-refractivity contribution in [2.45, 2.75) is 13.3 Å². The van der Waals surface area contributed by atoms with Gasteiger partial charge in [-0.1, -0.05) is 36.9 Å². The molecular formula is C17H16N4O2. The van der Waals surface area contributed by atoms with Crippen molar-refractivity contribution in [3.63, 3.8) is 0 Å². The van der Waals surface area contributed by atoms with Crippen LogP contribution in [0.5, 0.6) is 5.88 Å². The van der Waals surface area contributed by atoms with E-state index >= 15 is 0 Å². The lowest BCUT2D eigenvalue weighted by Crippen LogP contribution is -2.08. The van der Waals surface area contributed by atoms with Gasteiger partial charge in [0, 0.05) is 17.7 Å². The zero-order valence-electron chi connectivity index (χ0n) is 12.7. The first-order chi connectivity index (χ1) is 11.1. The van der Waals surface area contributed by atoms with E-state index in [0.717, 1.165) is 5.56 Å². The van der Waals surface area contributed by atoms with Crippen LogP contribution in [0.2, 0.25) is 0 Å². The van der Waals surface area contributed by atoms with Crippen molar-refractivity contribution >= 4 is 17.2 Å². The summed E-state index contributed by atoms with van der Waals surface area (Å²) >= 11 is 0. The third-order valence-corrected chi connectivity index (χ3v) is 3.59. The molecule has 1 aromatic carbocycles. The van der Waals surface area contributed by atoms with Crippen molar-refractivity contribution in [2.75, 3.05) is 5.32 Å². The number of nitrogens with zero attached hydrogens (tertiary/aromatic N) is 3. The molecule has 0 aliphatic heterocycles. The van der Waals surface area contributed by atoms with Crippen molar-refractivity contribution in [2.24, 2.45) is 0 Å². The van der Waals surface area contributed by atoms with Gasteiger partial charge >= 0.3 is 0 Å². The second kappa shape index (κ2) is 5.92. The summed E-state index contributed by atoms with van der Waals surface area (Å²) in [6.07, 6.45) is 3.17. The van der Waals surface area contributed by atoms with E-state index in [2.05, 4.69) is 22.0 Å². The number of amides is 1. The number of benzene rings is 1. The number of aromatic nitrogens is 3. The van der Waals surface area contributed by atoms with Crippen molar-refractivity contribution in [3.05, 3.63) is 66.0 Å². The van der Waals surface area contributed by atoms with Gasteiger partial charge in [-0.3, -0.25) is 4.79 Å². The van der Waals surface area contributed by atoms with Crippen LogP contribution < -0.4 is 5.32 Å². The first kappa shape index (κ1) is 14.8. The highest BCUT2D eigenvalue weighted by Gasteiger charge is 2.16. The number of anilines is 1. The van der Waals surface area contributed by atoms with Crippen LogP contribution in [0.15, 0.2) is 49.2 Å². The maximum Gasteiger partial charge on any atom is 0.247 e. The molecule has 116 valence electrons. The summed E-state index contributed by atoms with van der Waals surface area (Å²) in [6, 6.07) is 9.82. The Morgan fingerprint density at radius 3 is 2.83 bits per heavy atom. The molecule has 0 saturated heterocycles. The van der Waals surface area contributed by atoms with Gasteiger partial charge in [-0.05, 0) is 18.6 Å². The molecule has 0 fully saturated rings. The number of carbonyl (C=O) groups is 1. The maximum absolute atomic E-state index is 11.4. The Labute approximate surface area is 133 Å². The Bertz CT molecular complexity index is 884. The van der Waals surface area contributed by atoms with Crippen LogP contribution in [0.25, 0.3) is 5.65 Å². The van der Waals surface area contributed by atoms with Gasteiger partial charge in [0.2, 0.25) is 11.8 Å². The molecule has 0 aliphatic rings. The van der Waals surface area contributed by atoms with Gasteiger partial charge < -0.3 is 10.4 Å². The van der Waals surface area contributed by atoms with Gasteiger partial charge in [0.15, 0.2) is 5.65 Å².